The number of nitrogen functional groups attached to an aromatic ring is 1. The number of nitrogens with two attached hydrogens (primary N) is 1. The Hall–Kier alpha value is -2.01. The summed E-state index contributed by atoms with van der Waals surface area (Å²) in [5.41, 5.74) is 7.51. The number of nitrogens with zero attached hydrogens (tertiary/aromatic N) is 1. The van der Waals surface area contributed by atoms with Gasteiger partial charge >= 0.3 is 0 Å². The van der Waals surface area contributed by atoms with Crippen LogP contribution in [-0.4, -0.2) is 4.98 Å². The van der Waals surface area contributed by atoms with Gasteiger partial charge in [0.1, 0.15) is 16.6 Å². The van der Waals surface area contributed by atoms with E-state index in [0.717, 1.165) is 21.8 Å². The monoisotopic (exact) mass is 276 g/mol. The third-order valence-corrected chi connectivity index (χ3v) is 3.99. The summed E-state index contributed by atoms with van der Waals surface area (Å²) in [5.74, 6) is -1.40. The molecule has 0 radical (unpaired) electrons. The van der Waals surface area contributed by atoms with Crippen molar-refractivity contribution < 1.29 is 8.78 Å². The molecule has 19 heavy (non-hydrogen) atoms. The predicted molar refractivity (Wildman–Crippen MR) is 74.1 cm³/mol. The second-order valence-electron chi connectivity index (χ2n) is 4.29. The molecule has 0 saturated carbocycles. The Balaban J connectivity index is 2.25. The molecule has 2 nitrogen and oxygen atoms in total. The van der Waals surface area contributed by atoms with Gasteiger partial charge in [-0.2, -0.15) is 0 Å². The molecule has 0 unspecified atom stereocenters. The number of para-hydroxylation sites is 1. The highest BCUT2D eigenvalue weighted by Gasteiger charge is 2.14. The van der Waals surface area contributed by atoms with Crippen LogP contribution in [0, 0.1) is 18.6 Å². The number of aryl methyl sites for hydroxylation is 1. The zero-order chi connectivity index (χ0) is 13.6. The predicted octanol–water partition coefficient (Wildman–Crippen LogP) is 4.13. The van der Waals surface area contributed by atoms with E-state index in [1.54, 1.807) is 0 Å². The van der Waals surface area contributed by atoms with Gasteiger partial charge < -0.3 is 5.73 Å². The van der Waals surface area contributed by atoms with Gasteiger partial charge in [0.05, 0.1) is 15.9 Å². The summed E-state index contributed by atoms with van der Waals surface area (Å²) in [6.07, 6.45) is 0. The first kappa shape index (κ1) is 12.0. The van der Waals surface area contributed by atoms with E-state index < -0.39 is 11.6 Å². The standard InChI is InChI=1S/C14H10F2N2S/c1-7-3-2-4-12-13(7)18-14(19-12)8-5-11(17)10(16)6-9(8)15/h2-6H,17H2,1H3. The van der Waals surface area contributed by atoms with E-state index in [1.807, 2.05) is 25.1 Å². The lowest BCUT2D eigenvalue weighted by Crippen LogP contribution is -1.94. The number of halogens is 2. The van der Waals surface area contributed by atoms with Gasteiger partial charge in [-0.1, -0.05) is 12.1 Å². The molecule has 0 aliphatic heterocycles. The summed E-state index contributed by atoms with van der Waals surface area (Å²) < 4.78 is 27.9. The summed E-state index contributed by atoms with van der Waals surface area (Å²) in [4.78, 5) is 4.41. The van der Waals surface area contributed by atoms with Crippen molar-refractivity contribution in [1.82, 2.24) is 4.98 Å². The fourth-order valence-corrected chi connectivity index (χ4v) is 2.99. The van der Waals surface area contributed by atoms with Gasteiger partial charge in [-0.3, -0.25) is 0 Å². The highest BCUT2D eigenvalue weighted by molar-refractivity contribution is 7.21. The second kappa shape index (κ2) is 4.28. The van der Waals surface area contributed by atoms with Gasteiger partial charge in [-0.25, -0.2) is 13.8 Å². The van der Waals surface area contributed by atoms with Gasteiger partial charge in [0.2, 0.25) is 0 Å². The number of hydrogen-bond donors (Lipinski definition) is 1. The minimum atomic E-state index is -0.751. The maximum Gasteiger partial charge on any atom is 0.149 e. The summed E-state index contributed by atoms with van der Waals surface area (Å²) in [6, 6.07) is 7.88. The van der Waals surface area contributed by atoms with Crippen molar-refractivity contribution in [2.75, 3.05) is 5.73 Å². The molecule has 3 rings (SSSR count). The molecule has 2 N–H and O–H groups in total. The van der Waals surface area contributed by atoms with Crippen LogP contribution in [0.4, 0.5) is 14.5 Å². The number of rotatable bonds is 1. The smallest absolute Gasteiger partial charge is 0.149 e. The van der Waals surface area contributed by atoms with Crippen LogP contribution in [0.1, 0.15) is 5.56 Å². The van der Waals surface area contributed by atoms with E-state index in [4.69, 9.17) is 5.73 Å². The Bertz CT molecular complexity index is 780. The van der Waals surface area contributed by atoms with Crippen molar-refractivity contribution in [3.8, 4) is 10.6 Å². The fraction of sp³-hybridized carbons (Fsp3) is 0.0714. The highest BCUT2D eigenvalue weighted by Crippen LogP contribution is 2.34. The lowest BCUT2D eigenvalue weighted by molar-refractivity contribution is 0.588. The van der Waals surface area contributed by atoms with E-state index in [1.165, 1.54) is 17.4 Å². The zero-order valence-electron chi connectivity index (χ0n) is 10.1. The molecule has 96 valence electrons. The van der Waals surface area contributed by atoms with Crippen LogP contribution in [0.5, 0.6) is 0 Å². The Labute approximate surface area is 112 Å². The van der Waals surface area contributed by atoms with Crippen LogP contribution in [0.25, 0.3) is 20.8 Å². The SMILES string of the molecule is Cc1cccc2sc(-c3cc(N)c(F)cc3F)nc12. The van der Waals surface area contributed by atoms with Crippen LogP contribution in [-0.2, 0) is 0 Å². The largest absolute Gasteiger partial charge is 0.396 e. The molecule has 1 heterocycles. The number of thiazole rings is 1. The molecule has 3 aromatic rings. The number of fused-ring (bicyclic) bond motifs is 1. The Morgan fingerprint density at radius 2 is 1.95 bits per heavy atom. The van der Waals surface area contributed by atoms with Crippen molar-refractivity contribution in [3.63, 3.8) is 0 Å². The number of benzene rings is 2. The molecular weight excluding hydrogens is 266 g/mol. The van der Waals surface area contributed by atoms with Crippen LogP contribution < -0.4 is 5.73 Å². The molecule has 0 spiro atoms. The van der Waals surface area contributed by atoms with Gasteiger partial charge in [-0.05, 0) is 24.6 Å². The van der Waals surface area contributed by atoms with Crippen LogP contribution in [0.3, 0.4) is 0 Å². The first-order valence-electron chi connectivity index (χ1n) is 5.67. The summed E-state index contributed by atoms with van der Waals surface area (Å²) >= 11 is 1.36. The lowest BCUT2D eigenvalue weighted by Gasteiger charge is -2.02. The molecule has 1 aromatic heterocycles. The second-order valence-corrected chi connectivity index (χ2v) is 5.32. The van der Waals surface area contributed by atoms with Crippen molar-refractivity contribution in [2.45, 2.75) is 6.92 Å². The molecule has 0 aliphatic rings. The molecule has 2 aromatic carbocycles. The minimum absolute atomic E-state index is 0.0765. The van der Waals surface area contributed by atoms with Crippen LogP contribution >= 0.6 is 11.3 Å². The molecule has 0 aliphatic carbocycles. The molecule has 0 bridgehead atoms. The van der Waals surface area contributed by atoms with Gasteiger partial charge in [0.15, 0.2) is 0 Å². The van der Waals surface area contributed by atoms with Gasteiger partial charge in [0, 0.05) is 11.6 Å². The van der Waals surface area contributed by atoms with Crippen molar-refractivity contribution in [3.05, 3.63) is 47.5 Å². The molecule has 0 atom stereocenters. The number of anilines is 1. The maximum atomic E-state index is 13.8. The van der Waals surface area contributed by atoms with Crippen molar-refractivity contribution in [2.24, 2.45) is 0 Å². The van der Waals surface area contributed by atoms with Crippen LogP contribution in [0.2, 0.25) is 0 Å². The minimum Gasteiger partial charge on any atom is -0.396 e. The maximum absolute atomic E-state index is 13.8. The molecule has 0 amide bonds. The third-order valence-electron chi connectivity index (χ3n) is 2.94. The van der Waals surface area contributed by atoms with Crippen LogP contribution in [0.15, 0.2) is 30.3 Å². The highest BCUT2D eigenvalue weighted by atomic mass is 32.1. The first-order chi connectivity index (χ1) is 9.06. The summed E-state index contributed by atoms with van der Waals surface area (Å²) in [7, 11) is 0. The normalized spacial score (nSPS) is 11.1. The van der Waals surface area contributed by atoms with Crippen molar-refractivity contribution >= 4 is 27.2 Å². The molecule has 5 heteroatoms. The van der Waals surface area contributed by atoms with Gasteiger partial charge in [-0.15, -0.1) is 11.3 Å². The molecule has 0 fully saturated rings. The van der Waals surface area contributed by atoms with Crippen molar-refractivity contribution in [1.29, 1.82) is 0 Å². The zero-order valence-corrected chi connectivity index (χ0v) is 10.9. The molecule has 0 saturated heterocycles. The average Bonchev–Trinajstić information content (AvgIpc) is 2.79. The quantitative estimate of drug-likeness (QED) is 0.679. The van der Waals surface area contributed by atoms with E-state index in [0.29, 0.717) is 5.01 Å². The van der Waals surface area contributed by atoms with Gasteiger partial charge in [0.25, 0.3) is 0 Å². The molecular formula is C14H10F2N2S. The average molecular weight is 276 g/mol. The summed E-state index contributed by atoms with van der Waals surface area (Å²) in [5, 5.41) is 0.508. The first-order valence-corrected chi connectivity index (χ1v) is 6.49. The fourth-order valence-electron chi connectivity index (χ4n) is 1.93. The number of hydrogen-bond acceptors (Lipinski definition) is 3. The van der Waals surface area contributed by atoms with E-state index in [-0.39, 0.29) is 11.3 Å². The Morgan fingerprint density at radius 3 is 2.68 bits per heavy atom. The Kier molecular flexibility index (Phi) is 2.71. The Morgan fingerprint density at radius 1 is 1.16 bits per heavy atom. The topological polar surface area (TPSA) is 38.9 Å². The third kappa shape index (κ3) is 1.96. The van der Waals surface area contributed by atoms with E-state index in [9.17, 15) is 8.78 Å². The number of aromatic nitrogens is 1. The summed E-state index contributed by atoms with van der Waals surface area (Å²) in [6.45, 7) is 1.95. The van der Waals surface area contributed by atoms with E-state index >= 15 is 0 Å². The lowest BCUT2D eigenvalue weighted by atomic mass is 10.2. The van der Waals surface area contributed by atoms with E-state index in [2.05, 4.69) is 4.98 Å².